The number of benzene rings is 1. The third-order valence-electron chi connectivity index (χ3n) is 7.54. The van der Waals surface area contributed by atoms with Crippen molar-refractivity contribution in [2.75, 3.05) is 24.5 Å². The van der Waals surface area contributed by atoms with Crippen LogP contribution in [0.4, 0.5) is 5.82 Å². The minimum Gasteiger partial charge on any atom is -0.342 e. The van der Waals surface area contributed by atoms with E-state index in [1.165, 1.54) is 0 Å². The lowest BCUT2D eigenvalue weighted by atomic mass is 9.95. The SMILES string of the molecule is Cc1ccc(N2CC(C(=O)N3CCC(c4nc(-c5ccc6c(C)nn(C)c6c5)no4)CC3)CC2=O)nc1. The molecule has 0 aliphatic carbocycles. The standard InChI is InChI=1S/C27H29N7O3/c1-16-4-7-23(28-14-16)34-15-20(13-24(34)35)27(36)33-10-8-18(9-11-33)26-29-25(31-37-26)19-5-6-21-17(2)30-32(3)22(21)12-19/h4-7,12,14,18,20H,8-11,13,15H2,1-3H3. The fourth-order valence-corrected chi connectivity index (χ4v) is 5.41. The first-order chi connectivity index (χ1) is 17.9. The van der Waals surface area contributed by atoms with Gasteiger partial charge in [-0.15, -0.1) is 0 Å². The average molecular weight is 500 g/mol. The van der Waals surface area contributed by atoms with E-state index < -0.39 is 0 Å². The zero-order valence-electron chi connectivity index (χ0n) is 21.2. The number of aryl methyl sites for hydroxylation is 3. The average Bonchev–Trinajstić information content (AvgIpc) is 3.62. The maximum absolute atomic E-state index is 13.2. The Morgan fingerprint density at radius 2 is 1.92 bits per heavy atom. The highest BCUT2D eigenvalue weighted by molar-refractivity contribution is 5.99. The molecule has 2 aliphatic heterocycles. The maximum atomic E-state index is 13.2. The molecular weight excluding hydrogens is 470 g/mol. The van der Waals surface area contributed by atoms with E-state index in [9.17, 15) is 9.59 Å². The Morgan fingerprint density at radius 1 is 1.11 bits per heavy atom. The maximum Gasteiger partial charge on any atom is 0.230 e. The smallest absolute Gasteiger partial charge is 0.230 e. The number of hydrogen-bond donors (Lipinski definition) is 0. The number of nitrogens with zero attached hydrogens (tertiary/aromatic N) is 7. The number of piperidine rings is 1. The third kappa shape index (κ3) is 4.26. The van der Waals surface area contributed by atoms with E-state index in [4.69, 9.17) is 4.52 Å². The Labute approximate surface area is 214 Å². The van der Waals surface area contributed by atoms with E-state index in [2.05, 4.69) is 20.2 Å². The zero-order valence-corrected chi connectivity index (χ0v) is 21.2. The van der Waals surface area contributed by atoms with Crippen molar-refractivity contribution in [3.05, 3.63) is 53.7 Å². The molecule has 0 N–H and O–H groups in total. The van der Waals surface area contributed by atoms with E-state index in [0.29, 0.717) is 37.2 Å². The summed E-state index contributed by atoms with van der Waals surface area (Å²) in [6.45, 7) is 5.54. The minimum absolute atomic E-state index is 0.0346. The fraction of sp³-hybridized carbons (Fsp3) is 0.407. The lowest BCUT2D eigenvalue weighted by Crippen LogP contribution is -2.42. The van der Waals surface area contributed by atoms with Gasteiger partial charge in [0.15, 0.2) is 0 Å². The molecular formula is C27H29N7O3. The summed E-state index contributed by atoms with van der Waals surface area (Å²) < 4.78 is 7.50. The van der Waals surface area contributed by atoms with Crippen molar-refractivity contribution in [1.82, 2.24) is 29.8 Å². The van der Waals surface area contributed by atoms with E-state index >= 15 is 0 Å². The summed E-state index contributed by atoms with van der Waals surface area (Å²) in [4.78, 5) is 38.3. The number of carbonyl (C=O) groups is 2. The quantitative estimate of drug-likeness (QED) is 0.423. The number of rotatable bonds is 4. The Balaban J connectivity index is 1.09. The molecule has 10 nitrogen and oxygen atoms in total. The largest absolute Gasteiger partial charge is 0.342 e. The molecule has 2 aliphatic rings. The first-order valence-corrected chi connectivity index (χ1v) is 12.7. The Bertz CT molecular complexity index is 1480. The number of hydrogen-bond acceptors (Lipinski definition) is 7. The van der Waals surface area contributed by atoms with Crippen LogP contribution in [-0.2, 0) is 16.6 Å². The molecule has 1 aromatic carbocycles. The highest BCUT2D eigenvalue weighted by Gasteiger charge is 2.39. The Morgan fingerprint density at radius 3 is 2.68 bits per heavy atom. The van der Waals surface area contributed by atoms with Gasteiger partial charge in [-0.25, -0.2) is 4.98 Å². The number of likely N-dealkylation sites (tertiary alicyclic amines) is 1. The summed E-state index contributed by atoms with van der Waals surface area (Å²) in [5.41, 5.74) is 3.93. The van der Waals surface area contributed by atoms with Crippen LogP contribution in [0.15, 0.2) is 41.1 Å². The molecule has 2 amide bonds. The molecule has 0 bridgehead atoms. The van der Waals surface area contributed by atoms with Crippen molar-refractivity contribution in [2.24, 2.45) is 13.0 Å². The second-order valence-corrected chi connectivity index (χ2v) is 10.1. The number of carbonyl (C=O) groups excluding carboxylic acids is 2. The second-order valence-electron chi connectivity index (χ2n) is 10.1. The molecule has 2 saturated heterocycles. The van der Waals surface area contributed by atoms with Crippen LogP contribution in [0.1, 0.15) is 42.3 Å². The second kappa shape index (κ2) is 9.10. The number of aromatic nitrogens is 5. The van der Waals surface area contributed by atoms with Crippen LogP contribution >= 0.6 is 0 Å². The van der Waals surface area contributed by atoms with Gasteiger partial charge in [0, 0.05) is 56.2 Å². The normalized spacial score (nSPS) is 18.8. The first kappa shape index (κ1) is 23.3. The summed E-state index contributed by atoms with van der Waals surface area (Å²) in [5, 5.41) is 9.81. The van der Waals surface area contributed by atoms with Crippen LogP contribution in [0.2, 0.25) is 0 Å². The van der Waals surface area contributed by atoms with Gasteiger partial charge in [0.2, 0.25) is 23.5 Å². The predicted octanol–water partition coefficient (Wildman–Crippen LogP) is 3.39. The van der Waals surface area contributed by atoms with Gasteiger partial charge in [-0.2, -0.15) is 10.1 Å². The van der Waals surface area contributed by atoms with Gasteiger partial charge in [-0.1, -0.05) is 23.4 Å². The van der Waals surface area contributed by atoms with Crippen LogP contribution in [0.25, 0.3) is 22.3 Å². The van der Waals surface area contributed by atoms with Crippen LogP contribution in [0.5, 0.6) is 0 Å². The molecule has 5 heterocycles. The summed E-state index contributed by atoms with van der Waals surface area (Å²) in [6, 6.07) is 9.82. The van der Waals surface area contributed by atoms with Crippen LogP contribution in [0, 0.1) is 19.8 Å². The summed E-state index contributed by atoms with van der Waals surface area (Å²) in [7, 11) is 1.92. The molecule has 1 atom stereocenters. The van der Waals surface area contributed by atoms with Gasteiger partial charge in [0.05, 0.1) is 17.1 Å². The van der Waals surface area contributed by atoms with Crippen molar-refractivity contribution in [3.63, 3.8) is 0 Å². The van der Waals surface area contributed by atoms with Gasteiger partial charge in [0.25, 0.3) is 0 Å². The highest BCUT2D eigenvalue weighted by atomic mass is 16.5. The zero-order chi connectivity index (χ0) is 25.7. The van der Waals surface area contributed by atoms with Crippen LogP contribution in [-0.4, -0.2) is 61.3 Å². The minimum atomic E-state index is -0.340. The van der Waals surface area contributed by atoms with E-state index in [0.717, 1.165) is 40.6 Å². The lowest BCUT2D eigenvalue weighted by Gasteiger charge is -2.32. The van der Waals surface area contributed by atoms with E-state index in [1.54, 1.807) is 11.1 Å². The highest BCUT2D eigenvalue weighted by Crippen LogP contribution is 2.32. The molecule has 37 heavy (non-hydrogen) atoms. The third-order valence-corrected chi connectivity index (χ3v) is 7.54. The Hall–Kier alpha value is -4.08. The van der Waals surface area contributed by atoms with Crippen LogP contribution in [0.3, 0.4) is 0 Å². The van der Waals surface area contributed by atoms with Crippen molar-refractivity contribution < 1.29 is 14.1 Å². The molecule has 0 radical (unpaired) electrons. The monoisotopic (exact) mass is 499 g/mol. The van der Waals surface area contributed by atoms with Crippen molar-refractivity contribution in [2.45, 2.75) is 39.0 Å². The first-order valence-electron chi connectivity index (χ1n) is 12.7. The topological polar surface area (TPSA) is 110 Å². The van der Waals surface area contributed by atoms with Crippen molar-refractivity contribution >= 4 is 28.5 Å². The molecule has 1 unspecified atom stereocenters. The lowest BCUT2D eigenvalue weighted by molar-refractivity contribution is -0.136. The Kier molecular flexibility index (Phi) is 5.73. The molecule has 6 rings (SSSR count). The summed E-state index contributed by atoms with van der Waals surface area (Å²) >= 11 is 0. The van der Waals surface area contributed by atoms with Crippen molar-refractivity contribution in [1.29, 1.82) is 0 Å². The van der Waals surface area contributed by atoms with E-state index in [1.807, 2.05) is 60.8 Å². The fourth-order valence-electron chi connectivity index (χ4n) is 5.41. The van der Waals surface area contributed by atoms with Gasteiger partial charge >= 0.3 is 0 Å². The predicted molar refractivity (Wildman–Crippen MR) is 137 cm³/mol. The molecule has 2 fully saturated rings. The van der Waals surface area contributed by atoms with Gasteiger partial charge in [-0.3, -0.25) is 19.2 Å². The van der Waals surface area contributed by atoms with E-state index in [-0.39, 0.29) is 30.1 Å². The molecule has 0 spiro atoms. The van der Waals surface area contributed by atoms with Gasteiger partial charge < -0.3 is 9.42 Å². The number of anilines is 1. The van der Waals surface area contributed by atoms with Gasteiger partial charge in [0.1, 0.15) is 5.82 Å². The molecule has 0 saturated carbocycles. The van der Waals surface area contributed by atoms with Gasteiger partial charge in [-0.05, 0) is 44.4 Å². The molecule has 3 aromatic heterocycles. The van der Waals surface area contributed by atoms with Crippen molar-refractivity contribution in [3.8, 4) is 11.4 Å². The molecule has 10 heteroatoms. The number of fused-ring (bicyclic) bond motifs is 1. The van der Waals surface area contributed by atoms with Crippen LogP contribution < -0.4 is 4.90 Å². The summed E-state index contributed by atoms with van der Waals surface area (Å²) in [5.74, 6) is 1.52. The number of pyridine rings is 1. The molecule has 4 aromatic rings. The summed E-state index contributed by atoms with van der Waals surface area (Å²) in [6.07, 6.45) is 3.46. The molecule has 190 valence electrons. The number of amides is 2.